The minimum Gasteiger partial charge on any atom is -0.384 e. The molecule has 10 heteroatoms. The second-order valence-corrected chi connectivity index (χ2v) is 9.29. The molecule has 0 aliphatic carbocycles. The summed E-state index contributed by atoms with van der Waals surface area (Å²) in [4.78, 5) is 3.98. The van der Waals surface area contributed by atoms with Gasteiger partial charge in [-0.15, -0.1) is 0 Å². The van der Waals surface area contributed by atoms with E-state index in [1.807, 2.05) is 12.1 Å². The van der Waals surface area contributed by atoms with Gasteiger partial charge in [0.05, 0.1) is 23.6 Å². The number of pyridine rings is 1. The van der Waals surface area contributed by atoms with Crippen molar-refractivity contribution < 1.29 is 17.5 Å². The fraction of sp³-hybridized carbons (Fsp3) is 0.421. The summed E-state index contributed by atoms with van der Waals surface area (Å²) >= 11 is 0. The number of aryl methyl sites for hydroxylation is 1. The van der Waals surface area contributed by atoms with Gasteiger partial charge in [0.15, 0.2) is 0 Å². The lowest BCUT2D eigenvalue weighted by Gasteiger charge is -2.36. The van der Waals surface area contributed by atoms with Crippen LogP contribution >= 0.6 is 0 Å². The van der Waals surface area contributed by atoms with E-state index in [9.17, 15) is 12.8 Å². The Hall–Kier alpha value is -2.11. The van der Waals surface area contributed by atoms with E-state index in [4.69, 9.17) is 10.5 Å². The first-order chi connectivity index (χ1) is 13.9. The van der Waals surface area contributed by atoms with Crippen LogP contribution in [0.3, 0.4) is 0 Å². The van der Waals surface area contributed by atoms with Crippen LogP contribution in [0.25, 0.3) is 0 Å². The second-order valence-electron chi connectivity index (χ2n) is 7.35. The van der Waals surface area contributed by atoms with Gasteiger partial charge in [-0.25, -0.2) is 17.8 Å². The number of hydrazine groups is 1. The summed E-state index contributed by atoms with van der Waals surface area (Å²) in [7, 11) is -3.82. The first-order valence-electron chi connectivity index (χ1n) is 9.44. The number of hydrogen-bond donors (Lipinski definition) is 3. The van der Waals surface area contributed by atoms with Crippen molar-refractivity contribution in [3.63, 3.8) is 0 Å². The van der Waals surface area contributed by atoms with Crippen LogP contribution in [-0.2, 0) is 14.8 Å². The van der Waals surface area contributed by atoms with Crippen molar-refractivity contribution in [2.75, 3.05) is 32.0 Å². The normalized spacial score (nSPS) is 25.9. The summed E-state index contributed by atoms with van der Waals surface area (Å²) in [5.74, 6) is -0.0547. The maximum atomic E-state index is 13.9. The smallest absolute Gasteiger partial charge is 0.243 e. The number of nitrogens with one attached hydrogen (secondary N) is 2. The number of hydrogen-bond acceptors (Lipinski definition) is 7. The Labute approximate surface area is 169 Å². The van der Waals surface area contributed by atoms with Crippen LogP contribution in [0.5, 0.6) is 0 Å². The first kappa shape index (κ1) is 20.2. The zero-order valence-corrected chi connectivity index (χ0v) is 16.8. The van der Waals surface area contributed by atoms with Gasteiger partial charge in [-0.1, -0.05) is 6.07 Å². The van der Waals surface area contributed by atoms with Crippen LogP contribution in [0.15, 0.2) is 41.4 Å². The van der Waals surface area contributed by atoms with Crippen LogP contribution in [0, 0.1) is 12.7 Å². The third kappa shape index (κ3) is 3.99. The molecule has 3 atom stereocenters. The summed E-state index contributed by atoms with van der Waals surface area (Å²) < 4.78 is 47.3. The van der Waals surface area contributed by atoms with E-state index in [0.29, 0.717) is 17.9 Å². The van der Waals surface area contributed by atoms with Crippen molar-refractivity contribution in [3.8, 4) is 0 Å². The summed E-state index contributed by atoms with van der Waals surface area (Å²) in [6, 6.07) is 7.56. The molecule has 1 aromatic heterocycles. The van der Waals surface area contributed by atoms with E-state index in [-0.39, 0.29) is 42.7 Å². The Bertz CT molecular complexity index is 1000. The molecule has 0 amide bonds. The number of nitrogens with two attached hydrogens (primary N) is 1. The van der Waals surface area contributed by atoms with E-state index in [2.05, 4.69) is 15.8 Å². The lowest BCUT2D eigenvalue weighted by atomic mass is 9.90. The monoisotopic (exact) mass is 421 g/mol. The number of anilines is 1. The quantitative estimate of drug-likeness (QED) is 0.669. The Morgan fingerprint density at radius 1 is 1.31 bits per heavy atom. The maximum absolute atomic E-state index is 13.9. The number of nitrogen functional groups attached to an aromatic ring is 1. The molecule has 1 aromatic carbocycles. The summed E-state index contributed by atoms with van der Waals surface area (Å²) in [6.07, 6.45) is 1.29. The van der Waals surface area contributed by atoms with Crippen molar-refractivity contribution in [2.24, 2.45) is 0 Å². The third-order valence-electron chi connectivity index (χ3n) is 5.50. The Morgan fingerprint density at radius 2 is 2.14 bits per heavy atom. The summed E-state index contributed by atoms with van der Waals surface area (Å²) in [5.41, 5.74) is 13.6. The van der Waals surface area contributed by atoms with Gasteiger partial charge in [-0.2, -0.15) is 4.31 Å². The number of ether oxygens (including phenoxy) is 1. The zero-order valence-electron chi connectivity index (χ0n) is 16.0. The highest BCUT2D eigenvalue weighted by atomic mass is 32.2. The Morgan fingerprint density at radius 3 is 2.90 bits per heavy atom. The van der Waals surface area contributed by atoms with Crippen LogP contribution in [0.2, 0.25) is 0 Å². The topological polar surface area (TPSA) is 110 Å². The first-order valence-corrected chi connectivity index (χ1v) is 10.9. The molecule has 3 heterocycles. The predicted molar refractivity (Wildman–Crippen MR) is 106 cm³/mol. The number of halogens is 1. The van der Waals surface area contributed by atoms with E-state index < -0.39 is 15.8 Å². The number of sulfonamides is 1. The third-order valence-corrected chi connectivity index (χ3v) is 7.36. The fourth-order valence-corrected chi connectivity index (χ4v) is 5.31. The molecule has 2 saturated heterocycles. The van der Waals surface area contributed by atoms with Crippen molar-refractivity contribution in [1.82, 2.24) is 20.1 Å². The lowest BCUT2D eigenvalue weighted by molar-refractivity contribution is -0.0225. The molecular formula is C19H24FN5O3S. The molecule has 4 rings (SSSR count). The SMILES string of the molecule is Cc1ccc(S(=O)(=O)N2CCOC(C3NNCC3c3ccnc(N)c3)C2)cc1F. The van der Waals surface area contributed by atoms with Crippen LogP contribution in [0.1, 0.15) is 17.0 Å². The molecule has 2 fully saturated rings. The molecule has 8 nitrogen and oxygen atoms in total. The van der Waals surface area contributed by atoms with Gasteiger partial charge in [-0.3, -0.25) is 10.9 Å². The highest BCUT2D eigenvalue weighted by Gasteiger charge is 2.40. The Balaban J connectivity index is 1.55. The predicted octanol–water partition coefficient (Wildman–Crippen LogP) is 0.761. The van der Waals surface area contributed by atoms with Crippen molar-refractivity contribution in [1.29, 1.82) is 0 Å². The molecule has 2 aliphatic rings. The average molecular weight is 421 g/mol. The minimum absolute atomic E-state index is 0.0442. The van der Waals surface area contributed by atoms with E-state index >= 15 is 0 Å². The molecule has 0 radical (unpaired) electrons. The van der Waals surface area contributed by atoms with Gasteiger partial charge in [0.25, 0.3) is 0 Å². The molecule has 3 unspecified atom stereocenters. The highest BCUT2D eigenvalue weighted by Crippen LogP contribution is 2.29. The van der Waals surface area contributed by atoms with Gasteiger partial charge in [0.2, 0.25) is 10.0 Å². The molecule has 2 aromatic rings. The van der Waals surface area contributed by atoms with Gasteiger partial charge >= 0.3 is 0 Å². The van der Waals surface area contributed by atoms with Gasteiger partial charge in [0.1, 0.15) is 11.6 Å². The van der Waals surface area contributed by atoms with Crippen LogP contribution < -0.4 is 16.6 Å². The molecular weight excluding hydrogens is 397 g/mol. The number of nitrogens with zero attached hydrogens (tertiary/aromatic N) is 2. The van der Waals surface area contributed by atoms with E-state index in [1.54, 1.807) is 13.1 Å². The van der Waals surface area contributed by atoms with Gasteiger partial charge in [-0.05, 0) is 42.3 Å². The molecule has 2 aliphatic heterocycles. The van der Waals surface area contributed by atoms with E-state index in [1.165, 1.54) is 16.4 Å². The van der Waals surface area contributed by atoms with Crippen molar-refractivity contribution >= 4 is 15.8 Å². The fourth-order valence-electron chi connectivity index (χ4n) is 3.86. The van der Waals surface area contributed by atoms with E-state index in [0.717, 1.165) is 11.6 Å². The lowest BCUT2D eigenvalue weighted by Crippen LogP contribution is -2.54. The molecule has 0 spiro atoms. The molecule has 156 valence electrons. The number of morpholine rings is 1. The minimum atomic E-state index is -3.82. The number of rotatable bonds is 4. The van der Waals surface area contributed by atoms with Crippen molar-refractivity contribution in [3.05, 3.63) is 53.5 Å². The molecule has 0 bridgehead atoms. The molecule has 0 saturated carbocycles. The second kappa shape index (κ2) is 7.96. The number of benzene rings is 1. The molecule has 29 heavy (non-hydrogen) atoms. The highest BCUT2D eigenvalue weighted by molar-refractivity contribution is 7.89. The summed E-state index contributed by atoms with van der Waals surface area (Å²) in [5, 5.41) is 0. The van der Waals surface area contributed by atoms with Crippen LogP contribution in [-0.4, -0.2) is 56.1 Å². The largest absolute Gasteiger partial charge is 0.384 e. The van der Waals surface area contributed by atoms with Crippen LogP contribution in [0.4, 0.5) is 10.2 Å². The maximum Gasteiger partial charge on any atom is 0.243 e. The van der Waals surface area contributed by atoms with Gasteiger partial charge < -0.3 is 10.5 Å². The zero-order chi connectivity index (χ0) is 20.6. The standard InChI is InChI=1S/C19H24FN5O3S/c1-12-2-3-14(9-16(12)20)29(26,27)25-6-7-28-17(11-25)19-15(10-23-24-19)13-4-5-22-18(21)8-13/h2-5,8-9,15,17,19,23-24H,6-7,10-11H2,1H3,(H2,21,22). The number of aromatic nitrogens is 1. The van der Waals surface area contributed by atoms with Crippen molar-refractivity contribution in [2.45, 2.75) is 29.9 Å². The van der Waals surface area contributed by atoms with Gasteiger partial charge in [0, 0.05) is 31.7 Å². The average Bonchev–Trinajstić information content (AvgIpc) is 3.20. The summed E-state index contributed by atoms with van der Waals surface area (Å²) in [6.45, 7) is 2.92. The Kier molecular flexibility index (Phi) is 5.54. The molecule has 4 N–H and O–H groups in total.